The summed E-state index contributed by atoms with van der Waals surface area (Å²) in [4.78, 5) is 22.6. The Hall–Kier alpha value is -2.30. The molecule has 0 bridgehead atoms. The van der Waals surface area contributed by atoms with Crippen LogP contribution in [0.3, 0.4) is 0 Å². The molecule has 0 atom stereocenters. The van der Waals surface area contributed by atoms with E-state index < -0.39 is 0 Å². The highest BCUT2D eigenvalue weighted by Crippen LogP contribution is 2.27. The maximum absolute atomic E-state index is 12.9. The molecule has 1 aromatic rings. The average Bonchev–Trinajstić information content (AvgIpc) is 3.28. The lowest BCUT2D eigenvalue weighted by molar-refractivity contribution is -0.126. The van der Waals surface area contributed by atoms with Gasteiger partial charge in [-0.25, -0.2) is 0 Å². The number of nitrogens with one attached hydrogen (secondary N) is 1. The van der Waals surface area contributed by atoms with Crippen LogP contribution in [0.4, 0.5) is 0 Å². The lowest BCUT2D eigenvalue weighted by atomic mass is 10.1. The zero-order valence-corrected chi connectivity index (χ0v) is 20.6. The van der Waals surface area contributed by atoms with Gasteiger partial charge in [-0.15, -0.1) is 0 Å². The van der Waals surface area contributed by atoms with E-state index >= 15 is 0 Å². The number of halogens is 1. The number of rotatable bonds is 5. The molecule has 3 aliphatic heterocycles. The van der Waals surface area contributed by atoms with Crippen LogP contribution < -0.4 is 11.1 Å². The van der Waals surface area contributed by atoms with Crippen molar-refractivity contribution >= 4 is 27.8 Å². The number of phenols is 1. The van der Waals surface area contributed by atoms with Crippen molar-refractivity contribution in [2.24, 2.45) is 10.7 Å². The van der Waals surface area contributed by atoms with Crippen LogP contribution in [0.5, 0.6) is 5.75 Å². The highest BCUT2D eigenvalue weighted by molar-refractivity contribution is 9.10. The van der Waals surface area contributed by atoms with Crippen LogP contribution in [-0.2, 0) is 16.1 Å². The molecule has 9 nitrogen and oxygen atoms in total. The fraction of sp³-hybridized carbons (Fsp3) is 0.545. The molecule has 0 saturated carbocycles. The summed E-state index contributed by atoms with van der Waals surface area (Å²) in [5.41, 5.74) is 7.70. The quantitative estimate of drug-likeness (QED) is 0.554. The zero-order chi connectivity index (χ0) is 23.3. The van der Waals surface area contributed by atoms with Gasteiger partial charge in [-0.05, 0) is 60.4 Å². The summed E-state index contributed by atoms with van der Waals surface area (Å²) in [6.45, 7) is 6.17. The Morgan fingerprint density at radius 3 is 2.69 bits per heavy atom. The van der Waals surface area contributed by atoms with E-state index in [2.05, 4.69) is 26.2 Å². The molecule has 1 fully saturated rings. The fourth-order valence-corrected chi connectivity index (χ4v) is 4.41. The van der Waals surface area contributed by atoms with Crippen molar-refractivity contribution in [3.8, 4) is 5.75 Å². The number of likely N-dealkylation sites (N-methyl/N-ethyl adjacent to an activating group) is 2. The van der Waals surface area contributed by atoms with Crippen molar-refractivity contribution in [2.45, 2.75) is 32.4 Å². The van der Waals surface area contributed by atoms with Crippen LogP contribution in [0.15, 0.2) is 39.2 Å². The number of hydrogen-bond donors (Lipinski definition) is 3. The maximum Gasteiger partial charge on any atom is 0.280 e. The molecular formula is C22H33BrN6O3. The smallest absolute Gasteiger partial charge is 0.280 e. The summed E-state index contributed by atoms with van der Waals surface area (Å²) >= 11 is 3.31. The lowest BCUT2D eigenvalue weighted by Gasteiger charge is -2.38. The number of amides is 1. The first-order chi connectivity index (χ1) is 15.4. The molecule has 1 saturated heterocycles. The molecule has 4 rings (SSSR count). The number of aliphatic imine (C=N–C) groups is 1. The third-order valence-electron chi connectivity index (χ3n) is 5.80. The largest absolute Gasteiger partial charge is 0.507 e. The summed E-state index contributed by atoms with van der Waals surface area (Å²) in [5, 5.41) is 12.8. The molecule has 176 valence electrons. The average molecular weight is 509 g/mol. The minimum atomic E-state index is -0.132. The van der Waals surface area contributed by atoms with Crippen LogP contribution in [0.2, 0.25) is 0 Å². The summed E-state index contributed by atoms with van der Waals surface area (Å²) < 4.78 is 5.78. The van der Waals surface area contributed by atoms with Gasteiger partial charge in [0.1, 0.15) is 17.3 Å². The summed E-state index contributed by atoms with van der Waals surface area (Å²) in [5.74, 6) is 1.14. The second-order valence-corrected chi connectivity index (χ2v) is 8.79. The molecule has 3 aliphatic rings. The number of carbonyl (C=O) groups excluding carboxylic acids is 1. The van der Waals surface area contributed by atoms with Crippen molar-refractivity contribution in [3.05, 3.63) is 39.8 Å². The molecule has 0 radical (unpaired) electrons. The first-order valence-electron chi connectivity index (χ1n) is 10.9. The number of phenolic OH excluding ortho intramolecular Hbond substituents is 1. The van der Waals surface area contributed by atoms with E-state index in [-0.39, 0.29) is 11.7 Å². The van der Waals surface area contributed by atoms with Gasteiger partial charge in [-0.1, -0.05) is 6.07 Å². The number of nitrogens with two attached hydrogens (primary N) is 1. The van der Waals surface area contributed by atoms with E-state index in [1.165, 1.54) is 12.8 Å². The second-order valence-electron chi connectivity index (χ2n) is 7.93. The summed E-state index contributed by atoms with van der Waals surface area (Å²) in [6.07, 6.45) is 2.35. The standard InChI is InChI=1S/C16H20BrN5O2.C6H13NO/c1-3-21-15(24)13(14(18)22-7-6-19-16(21)22)20(2)9-10-4-5-12(23)11(17)8-10;1-7-6-2-4-8-5-3-6/h4-5,8,23H,3,6-7,9,18H2,1-2H3;6-7H,2-5H2,1H3. The van der Waals surface area contributed by atoms with Gasteiger partial charge >= 0.3 is 0 Å². The Labute approximate surface area is 198 Å². The van der Waals surface area contributed by atoms with Crippen molar-refractivity contribution in [1.82, 2.24) is 20.0 Å². The number of guanidine groups is 1. The molecule has 0 aromatic heterocycles. The molecule has 0 spiro atoms. The molecule has 1 aromatic carbocycles. The van der Waals surface area contributed by atoms with Gasteiger partial charge in [0, 0.05) is 45.9 Å². The molecule has 3 heterocycles. The topological polar surface area (TPSA) is 107 Å². The van der Waals surface area contributed by atoms with Gasteiger partial charge in [0.25, 0.3) is 5.91 Å². The number of nitrogens with zero attached hydrogens (tertiary/aromatic N) is 4. The van der Waals surface area contributed by atoms with Gasteiger partial charge in [0.2, 0.25) is 5.96 Å². The van der Waals surface area contributed by atoms with Crippen LogP contribution in [0.1, 0.15) is 25.3 Å². The number of hydrogen-bond acceptors (Lipinski definition) is 8. The third kappa shape index (κ3) is 5.36. The highest BCUT2D eigenvalue weighted by Gasteiger charge is 2.38. The Bertz CT molecular complexity index is 884. The minimum Gasteiger partial charge on any atom is -0.507 e. The molecule has 1 amide bonds. The zero-order valence-electron chi connectivity index (χ0n) is 19.0. The summed E-state index contributed by atoms with van der Waals surface area (Å²) in [6, 6.07) is 5.98. The minimum absolute atomic E-state index is 0.132. The van der Waals surface area contributed by atoms with Gasteiger partial charge in [0.05, 0.1) is 11.0 Å². The Morgan fingerprint density at radius 2 is 2.09 bits per heavy atom. The molecule has 0 unspecified atom stereocenters. The first-order valence-corrected chi connectivity index (χ1v) is 11.7. The van der Waals surface area contributed by atoms with E-state index in [1.807, 2.05) is 43.0 Å². The number of ether oxygens (including phenoxy) is 1. The molecule has 32 heavy (non-hydrogen) atoms. The van der Waals surface area contributed by atoms with Crippen LogP contribution in [-0.4, -0.2) is 84.7 Å². The fourth-order valence-electron chi connectivity index (χ4n) is 3.98. The predicted octanol–water partition coefficient (Wildman–Crippen LogP) is 1.63. The van der Waals surface area contributed by atoms with E-state index in [4.69, 9.17) is 10.5 Å². The number of fused-ring (bicyclic) bond motifs is 1. The van der Waals surface area contributed by atoms with Gasteiger partial charge in [-0.3, -0.25) is 19.6 Å². The number of carbonyl (C=O) groups is 1. The van der Waals surface area contributed by atoms with Gasteiger partial charge in [-0.2, -0.15) is 0 Å². The molecule has 0 aliphatic carbocycles. The normalized spacial score (nSPS) is 18.9. The summed E-state index contributed by atoms with van der Waals surface area (Å²) in [7, 11) is 3.85. The SMILES string of the molecule is CCN1C(=O)C(N(C)Cc2ccc(O)c(Br)c2)=C(N)N2CCN=C12.CNC1CCOCC1. The van der Waals surface area contributed by atoms with E-state index in [0.29, 0.717) is 54.2 Å². The molecule has 10 heteroatoms. The van der Waals surface area contributed by atoms with E-state index in [0.717, 1.165) is 18.8 Å². The van der Waals surface area contributed by atoms with Crippen LogP contribution in [0.25, 0.3) is 0 Å². The monoisotopic (exact) mass is 508 g/mol. The predicted molar refractivity (Wildman–Crippen MR) is 128 cm³/mol. The van der Waals surface area contributed by atoms with Crippen molar-refractivity contribution in [2.75, 3.05) is 46.9 Å². The Balaban J connectivity index is 0.000000305. The van der Waals surface area contributed by atoms with E-state index in [1.54, 1.807) is 11.0 Å². The van der Waals surface area contributed by atoms with E-state index in [9.17, 15) is 9.90 Å². The Morgan fingerprint density at radius 1 is 1.38 bits per heavy atom. The van der Waals surface area contributed by atoms with Crippen molar-refractivity contribution in [1.29, 1.82) is 0 Å². The van der Waals surface area contributed by atoms with Gasteiger partial charge < -0.3 is 25.8 Å². The highest BCUT2D eigenvalue weighted by atomic mass is 79.9. The lowest BCUT2D eigenvalue weighted by Crippen LogP contribution is -2.54. The van der Waals surface area contributed by atoms with Gasteiger partial charge in [0.15, 0.2) is 0 Å². The van der Waals surface area contributed by atoms with Crippen LogP contribution in [0, 0.1) is 0 Å². The first kappa shape index (κ1) is 24.3. The van der Waals surface area contributed by atoms with Crippen molar-refractivity contribution < 1.29 is 14.6 Å². The Kier molecular flexibility index (Phi) is 8.38. The number of benzene rings is 1. The molecule has 4 N–H and O–H groups in total. The van der Waals surface area contributed by atoms with Crippen LogP contribution >= 0.6 is 15.9 Å². The molecular weight excluding hydrogens is 476 g/mol. The third-order valence-corrected chi connectivity index (χ3v) is 6.44. The van der Waals surface area contributed by atoms with Crippen molar-refractivity contribution in [3.63, 3.8) is 0 Å². The second kappa shape index (κ2) is 11.0. The number of aromatic hydroxyl groups is 1. The maximum atomic E-state index is 12.9.